The highest BCUT2D eigenvalue weighted by Gasteiger charge is 2.36. The fraction of sp³-hybridized carbons (Fsp3) is 0.333. The molecule has 88 valence electrons. The first-order chi connectivity index (χ1) is 7.60. The van der Waals surface area contributed by atoms with Crippen LogP contribution in [0.15, 0.2) is 30.8 Å². The molecular weight excluding hydrogens is 224 g/mol. The molecule has 0 saturated carbocycles. The van der Waals surface area contributed by atoms with Gasteiger partial charge in [-0.05, 0) is 5.56 Å². The van der Waals surface area contributed by atoms with Gasteiger partial charge < -0.3 is 9.47 Å². The van der Waals surface area contributed by atoms with E-state index >= 15 is 0 Å². The Morgan fingerprint density at radius 2 is 1.75 bits per heavy atom. The highest BCUT2D eigenvalue weighted by Crippen LogP contribution is 2.29. The van der Waals surface area contributed by atoms with Crippen molar-refractivity contribution < 1.29 is 13.7 Å². The van der Waals surface area contributed by atoms with Crippen molar-refractivity contribution in [1.82, 2.24) is 0 Å². The molecule has 0 radical (unpaired) electrons. The maximum Gasteiger partial charge on any atom is 0.274 e. The second-order valence-electron chi connectivity index (χ2n) is 3.24. The summed E-state index contributed by atoms with van der Waals surface area (Å²) >= 11 is 0. The fourth-order valence-corrected chi connectivity index (χ4v) is 2.48. The first kappa shape index (κ1) is 13.1. The molecule has 0 spiro atoms. The third-order valence-corrected chi connectivity index (χ3v) is 3.74. The van der Waals surface area contributed by atoms with Gasteiger partial charge in [-0.2, -0.15) is 0 Å². The molecule has 0 heterocycles. The molecule has 1 aromatic carbocycles. The maximum absolute atomic E-state index is 11.7. The van der Waals surface area contributed by atoms with Crippen LogP contribution in [0.1, 0.15) is 11.1 Å². The number of hydrogen-bond acceptors (Lipinski definition) is 3. The predicted molar refractivity (Wildman–Crippen MR) is 66.3 cm³/mol. The molecule has 0 bridgehead atoms. The molecule has 0 saturated heterocycles. The average Bonchev–Trinajstić information content (AvgIpc) is 2.32. The van der Waals surface area contributed by atoms with Crippen LogP contribution in [0.25, 0.3) is 6.08 Å². The Morgan fingerprint density at radius 3 is 2.06 bits per heavy atom. The lowest BCUT2D eigenvalue weighted by Gasteiger charge is -2.28. The van der Waals surface area contributed by atoms with Crippen LogP contribution in [0.4, 0.5) is 0 Å². The normalized spacial score (nSPS) is 13.4. The van der Waals surface area contributed by atoms with Crippen molar-refractivity contribution in [2.45, 2.75) is 5.12 Å². The summed E-state index contributed by atoms with van der Waals surface area (Å²) in [5.74, 6) is 0. The Bertz CT molecular complexity index is 380. The maximum atomic E-state index is 11.7. The van der Waals surface area contributed by atoms with E-state index in [4.69, 9.17) is 9.47 Å². The third kappa shape index (κ3) is 2.24. The zero-order valence-corrected chi connectivity index (χ0v) is 10.5. The fourth-order valence-electron chi connectivity index (χ4n) is 1.54. The number of ether oxygens (including phenoxy) is 2. The van der Waals surface area contributed by atoms with Crippen molar-refractivity contribution >= 4 is 16.9 Å². The summed E-state index contributed by atoms with van der Waals surface area (Å²) in [7, 11) is 1.67. The average molecular weight is 240 g/mol. The lowest BCUT2D eigenvalue weighted by atomic mass is 10.1. The third-order valence-electron chi connectivity index (χ3n) is 2.42. The minimum absolute atomic E-state index is 0.726. The molecule has 0 fully saturated rings. The van der Waals surface area contributed by atoms with Crippen molar-refractivity contribution in [2.75, 3.05) is 20.5 Å². The Kier molecular flexibility index (Phi) is 4.41. The van der Waals surface area contributed by atoms with Crippen LogP contribution < -0.4 is 0 Å². The summed E-state index contributed by atoms with van der Waals surface area (Å²) < 4.78 is 22.2. The molecule has 0 aliphatic rings. The van der Waals surface area contributed by atoms with Crippen LogP contribution in [0.3, 0.4) is 0 Å². The molecule has 1 aromatic rings. The molecular formula is C12H16O3S. The molecule has 0 amide bonds. The number of benzene rings is 1. The van der Waals surface area contributed by atoms with Crippen LogP contribution in [0.2, 0.25) is 0 Å². The van der Waals surface area contributed by atoms with E-state index in [-0.39, 0.29) is 0 Å². The van der Waals surface area contributed by atoms with Gasteiger partial charge in [0.2, 0.25) is 0 Å². The SMILES string of the molecule is C=Cc1ccc(C(OC)(OC)S(C)=O)cc1. The van der Waals surface area contributed by atoms with Gasteiger partial charge in [0.05, 0.1) is 10.8 Å². The molecule has 4 heteroatoms. The largest absolute Gasteiger partial charge is 0.339 e. The molecule has 1 atom stereocenters. The number of hydrogen-bond donors (Lipinski definition) is 0. The number of methoxy groups -OCH3 is 2. The molecule has 0 aliphatic heterocycles. The standard InChI is InChI=1S/C12H16O3S/c1-5-10-6-8-11(9-7-10)12(14-2,15-3)16(4)13/h5-9H,1H2,2-4H3. The Morgan fingerprint density at radius 1 is 1.25 bits per heavy atom. The molecule has 0 N–H and O–H groups in total. The van der Waals surface area contributed by atoms with Gasteiger partial charge in [-0.1, -0.05) is 36.9 Å². The summed E-state index contributed by atoms with van der Waals surface area (Å²) in [4.78, 5) is 0. The topological polar surface area (TPSA) is 35.5 Å². The van der Waals surface area contributed by atoms with Crippen LogP contribution >= 0.6 is 0 Å². The van der Waals surface area contributed by atoms with E-state index in [2.05, 4.69) is 6.58 Å². The molecule has 3 nitrogen and oxygen atoms in total. The Hall–Kier alpha value is -0.970. The molecule has 0 aliphatic carbocycles. The van der Waals surface area contributed by atoms with Gasteiger partial charge in [0.1, 0.15) is 0 Å². The van der Waals surface area contributed by atoms with E-state index in [0.717, 1.165) is 11.1 Å². The van der Waals surface area contributed by atoms with Crippen LogP contribution in [-0.4, -0.2) is 24.7 Å². The molecule has 16 heavy (non-hydrogen) atoms. The summed E-state index contributed by atoms with van der Waals surface area (Å²) in [6, 6.07) is 7.40. The second kappa shape index (κ2) is 5.39. The zero-order valence-electron chi connectivity index (χ0n) is 9.73. The van der Waals surface area contributed by atoms with Crippen molar-refractivity contribution in [3.63, 3.8) is 0 Å². The van der Waals surface area contributed by atoms with Gasteiger partial charge in [-0.15, -0.1) is 0 Å². The monoisotopic (exact) mass is 240 g/mol. The van der Waals surface area contributed by atoms with E-state index in [1.165, 1.54) is 14.2 Å². The zero-order chi connectivity index (χ0) is 12.2. The van der Waals surface area contributed by atoms with Crippen molar-refractivity contribution in [3.8, 4) is 0 Å². The summed E-state index contributed by atoms with van der Waals surface area (Å²) in [5, 5.41) is -1.19. The minimum Gasteiger partial charge on any atom is -0.339 e. The van der Waals surface area contributed by atoms with Crippen molar-refractivity contribution in [2.24, 2.45) is 0 Å². The summed E-state index contributed by atoms with van der Waals surface area (Å²) in [6.07, 6.45) is 3.29. The van der Waals surface area contributed by atoms with Gasteiger partial charge in [0.15, 0.2) is 0 Å². The van der Waals surface area contributed by atoms with E-state index in [9.17, 15) is 4.21 Å². The van der Waals surface area contributed by atoms with Crippen molar-refractivity contribution in [3.05, 3.63) is 42.0 Å². The quantitative estimate of drug-likeness (QED) is 0.739. The van der Waals surface area contributed by atoms with E-state index in [0.29, 0.717) is 0 Å². The lowest BCUT2D eigenvalue weighted by Crippen LogP contribution is -2.35. The van der Waals surface area contributed by atoms with Crippen LogP contribution in [-0.2, 0) is 25.4 Å². The van der Waals surface area contributed by atoms with Gasteiger partial charge in [0, 0.05) is 26.0 Å². The Labute approximate surface area is 98.5 Å². The van der Waals surface area contributed by atoms with Crippen molar-refractivity contribution in [1.29, 1.82) is 0 Å². The minimum atomic E-state index is -1.29. The van der Waals surface area contributed by atoms with E-state index in [1.807, 2.05) is 24.3 Å². The molecule has 1 unspecified atom stereocenters. The molecule has 1 rings (SSSR count). The first-order valence-corrected chi connectivity index (χ1v) is 6.33. The van der Waals surface area contributed by atoms with Gasteiger partial charge in [-0.3, -0.25) is 4.21 Å². The van der Waals surface area contributed by atoms with Crippen LogP contribution in [0.5, 0.6) is 0 Å². The van der Waals surface area contributed by atoms with Gasteiger partial charge in [-0.25, -0.2) is 0 Å². The highest BCUT2D eigenvalue weighted by atomic mass is 32.2. The summed E-state index contributed by atoms with van der Waals surface area (Å²) in [5.41, 5.74) is 1.72. The first-order valence-electron chi connectivity index (χ1n) is 4.77. The van der Waals surface area contributed by atoms with Gasteiger partial charge >= 0.3 is 0 Å². The molecule has 0 aromatic heterocycles. The van der Waals surface area contributed by atoms with E-state index < -0.39 is 15.9 Å². The lowest BCUT2D eigenvalue weighted by molar-refractivity contribution is -0.144. The number of rotatable bonds is 5. The van der Waals surface area contributed by atoms with Gasteiger partial charge in [0.25, 0.3) is 5.12 Å². The van der Waals surface area contributed by atoms with Crippen LogP contribution in [0, 0.1) is 0 Å². The highest BCUT2D eigenvalue weighted by molar-refractivity contribution is 7.84. The summed E-state index contributed by atoms with van der Waals surface area (Å²) in [6.45, 7) is 3.68. The second-order valence-corrected chi connectivity index (χ2v) is 4.69. The smallest absolute Gasteiger partial charge is 0.274 e. The van der Waals surface area contributed by atoms with E-state index in [1.54, 1.807) is 12.3 Å². The Balaban J connectivity index is 3.20. The predicted octanol–water partition coefficient (Wildman–Crippen LogP) is 2.11.